The van der Waals surface area contributed by atoms with Crippen LogP contribution in [0.1, 0.15) is 45.3 Å². The van der Waals surface area contributed by atoms with Gasteiger partial charge >= 0.3 is 0 Å². The van der Waals surface area contributed by atoms with Crippen molar-refractivity contribution in [3.63, 3.8) is 0 Å². The molecule has 1 aromatic rings. The summed E-state index contributed by atoms with van der Waals surface area (Å²) >= 11 is 1.79. The summed E-state index contributed by atoms with van der Waals surface area (Å²) in [5.74, 6) is 0.671. The van der Waals surface area contributed by atoms with E-state index in [1.165, 1.54) is 5.01 Å². The molecule has 1 aliphatic heterocycles. The zero-order valence-electron chi connectivity index (χ0n) is 13.7. The Morgan fingerprint density at radius 2 is 2.15 bits per heavy atom. The molecule has 2 atom stereocenters. The van der Waals surface area contributed by atoms with Crippen molar-refractivity contribution in [2.45, 2.75) is 60.2 Å². The molecule has 0 aliphatic carbocycles. The summed E-state index contributed by atoms with van der Waals surface area (Å²) in [6, 6.07) is 1.16. The fourth-order valence-corrected chi connectivity index (χ4v) is 3.69. The standard InChI is InChI=1S/C16H29N3S/c1-11(2)13-7-17-14(16(4,5)6)8-19(13)9-15-18-12(3)10-20-15/h10-11,13-14,17H,7-9H2,1-6H3. The Morgan fingerprint density at radius 3 is 2.65 bits per heavy atom. The van der Waals surface area contributed by atoms with E-state index in [1.807, 2.05) is 0 Å². The molecule has 2 rings (SSSR count). The first-order chi connectivity index (χ1) is 9.27. The lowest BCUT2D eigenvalue weighted by molar-refractivity contribution is 0.0571. The molecule has 1 aliphatic rings. The van der Waals surface area contributed by atoms with Crippen LogP contribution in [0.15, 0.2) is 5.38 Å². The van der Waals surface area contributed by atoms with Crippen LogP contribution in [0.25, 0.3) is 0 Å². The summed E-state index contributed by atoms with van der Waals surface area (Å²) in [7, 11) is 0. The maximum absolute atomic E-state index is 4.64. The van der Waals surface area contributed by atoms with E-state index < -0.39 is 0 Å². The lowest BCUT2D eigenvalue weighted by atomic mass is 9.83. The van der Waals surface area contributed by atoms with E-state index >= 15 is 0 Å². The van der Waals surface area contributed by atoms with Gasteiger partial charge in [-0.2, -0.15) is 0 Å². The average Bonchev–Trinajstić information content (AvgIpc) is 2.73. The third kappa shape index (κ3) is 3.80. The summed E-state index contributed by atoms with van der Waals surface area (Å²) in [6.45, 7) is 16.9. The maximum atomic E-state index is 4.64. The van der Waals surface area contributed by atoms with Gasteiger partial charge in [-0.05, 0) is 18.3 Å². The molecule has 1 saturated heterocycles. The highest BCUT2D eigenvalue weighted by Crippen LogP contribution is 2.27. The number of nitrogens with zero attached hydrogens (tertiary/aromatic N) is 2. The fourth-order valence-electron chi connectivity index (χ4n) is 2.89. The minimum atomic E-state index is 0.305. The number of hydrogen-bond donors (Lipinski definition) is 1. The molecule has 114 valence electrons. The molecule has 0 aromatic carbocycles. The van der Waals surface area contributed by atoms with E-state index in [4.69, 9.17) is 0 Å². The number of nitrogens with one attached hydrogen (secondary N) is 1. The third-order valence-electron chi connectivity index (χ3n) is 4.28. The summed E-state index contributed by atoms with van der Waals surface area (Å²) in [6.07, 6.45) is 0. The van der Waals surface area contributed by atoms with Gasteiger partial charge in [0.1, 0.15) is 5.01 Å². The van der Waals surface area contributed by atoms with Gasteiger partial charge in [-0.15, -0.1) is 11.3 Å². The van der Waals surface area contributed by atoms with Crippen LogP contribution >= 0.6 is 11.3 Å². The highest BCUT2D eigenvalue weighted by molar-refractivity contribution is 7.09. The molecule has 0 bridgehead atoms. The lowest BCUT2D eigenvalue weighted by Crippen LogP contribution is -2.61. The summed E-state index contributed by atoms with van der Waals surface area (Å²) < 4.78 is 0. The molecule has 0 spiro atoms. The second kappa shape index (κ2) is 6.12. The summed E-state index contributed by atoms with van der Waals surface area (Å²) in [5, 5.41) is 7.16. The molecule has 1 aromatic heterocycles. The molecule has 1 fully saturated rings. The fraction of sp³-hybridized carbons (Fsp3) is 0.812. The Hall–Kier alpha value is -0.450. The number of thiazole rings is 1. The van der Waals surface area contributed by atoms with Crippen LogP contribution < -0.4 is 5.32 Å². The van der Waals surface area contributed by atoms with Gasteiger partial charge in [0.25, 0.3) is 0 Å². The number of hydrogen-bond acceptors (Lipinski definition) is 4. The van der Waals surface area contributed by atoms with Crippen LogP contribution in [0, 0.1) is 18.3 Å². The van der Waals surface area contributed by atoms with Crippen LogP contribution in [0.5, 0.6) is 0 Å². The topological polar surface area (TPSA) is 28.2 Å². The van der Waals surface area contributed by atoms with Crippen molar-refractivity contribution >= 4 is 11.3 Å². The SMILES string of the molecule is Cc1csc(CN2CC(C(C)(C)C)NCC2C(C)C)n1. The molecule has 0 saturated carbocycles. The Bertz CT molecular complexity index is 433. The van der Waals surface area contributed by atoms with Gasteiger partial charge in [0.05, 0.1) is 6.54 Å². The predicted octanol–water partition coefficient (Wildman–Crippen LogP) is 3.30. The molecule has 3 nitrogen and oxygen atoms in total. The van der Waals surface area contributed by atoms with Gasteiger partial charge in [0.15, 0.2) is 0 Å². The van der Waals surface area contributed by atoms with Crippen molar-refractivity contribution in [3.8, 4) is 0 Å². The number of piperazine rings is 1. The Morgan fingerprint density at radius 1 is 1.45 bits per heavy atom. The minimum Gasteiger partial charge on any atom is -0.311 e. The van der Waals surface area contributed by atoms with Gasteiger partial charge in [0.2, 0.25) is 0 Å². The average molecular weight is 295 g/mol. The van der Waals surface area contributed by atoms with E-state index in [9.17, 15) is 0 Å². The van der Waals surface area contributed by atoms with Crippen molar-refractivity contribution in [2.24, 2.45) is 11.3 Å². The van der Waals surface area contributed by atoms with Crippen molar-refractivity contribution in [3.05, 3.63) is 16.1 Å². The zero-order valence-corrected chi connectivity index (χ0v) is 14.5. The largest absolute Gasteiger partial charge is 0.311 e. The maximum Gasteiger partial charge on any atom is 0.107 e. The molecule has 2 heterocycles. The first-order valence-corrected chi connectivity index (χ1v) is 8.54. The van der Waals surface area contributed by atoms with Crippen LogP contribution in [0.4, 0.5) is 0 Å². The van der Waals surface area contributed by atoms with Gasteiger partial charge in [0, 0.05) is 36.2 Å². The Kier molecular flexibility index (Phi) is 4.88. The molecule has 4 heteroatoms. The lowest BCUT2D eigenvalue weighted by Gasteiger charge is -2.46. The number of aromatic nitrogens is 1. The van der Waals surface area contributed by atoms with Crippen LogP contribution in [0.2, 0.25) is 0 Å². The van der Waals surface area contributed by atoms with Crippen LogP contribution in [-0.2, 0) is 6.54 Å². The summed E-state index contributed by atoms with van der Waals surface area (Å²) in [4.78, 5) is 7.28. The molecular formula is C16H29N3S. The van der Waals surface area contributed by atoms with Crippen molar-refractivity contribution < 1.29 is 0 Å². The highest BCUT2D eigenvalue weighted by Gasteiger charge is 2.35. The van der Waals surface area contributed by atoms with Crippen molar-refractivity contribution in [1.29, 1.82) is 0 Å². The van der Waals surface area contributed by atoms with E-state index in [1.54, 1.807) is 11.3 Å². The number of aryl methyl sites for hydroxylation is 1. The first-order valence-electron chi connectivity index (χ1n) is 7.66. The summed E-state index contributed by atoms with van der Waals surface area (Å²) in [5.41, 5.74) is 1.45. The van der Waals surface area contributed by atoms with Gasteiger partial charge in [-0.3, -0.25) is 4.90 Å². The second-order valence-corrected chi connectivity index (χ2v) is 8.39. The molecule has 0 radical (unpaired) electrons. The van der Waals surface area contributed by atoms with Crippen molar-refractivity contribution in [2.75, 3.05) is 13.1 Å². The van der Waals surface area contributed by atoms with E-state index in [-0.39, 0.29) is 0 Å². The first kappa shape index (κ1) is 15.9. The van der Waals surface area contributed by atoms with Gasteiger partial charge in [-0.1, -0.05) is 34.6 Å². The molecule has 0 amide bonds. The third-order valence-corrected chi connectivity index (χ3v) is 5.23. The van der Waals surface area contributed by atoms with E-state index in [0.717, 1.165) is 25.3 Å². The predicted molar refractivity (Wildman–Crippen MR) is 87.1 cm³/mol. The molecule has 20 heavy (non-hydrogen) atoms. The molecule has 1 N–H and O–H groups in total. The minimum absolute atomic E-state index is 0.305. The second-order valence-electron chi connectivity index (χ2n) is 7.45. The molecule has 2 unspecified atom stereocenters. The zero-order chi connectivity index (χ0) is 14.9. The smallest absolute Gasteiger partial charge is 0.107 e. The van der Waals surface area contributed by atoms with Crippen molar-refractivity contribution in [1.82, 2.24) is 15.2 Å². The monoisotopic (exact) mass is 295 g/mol. The van der Waals surface area contributed by atoms with E-state index in [2.05, 4.69) is 62.1 Å². The van der Waals surface area contributed by atoms with Crippen LogP contribution in [-0.4, -0.2) is 35.1 Å². The Balaban J connectivity index is 2.10. The quantitative estimate of drug-likeness (QED) is 0.927. The number of rotatable bonds is 3. The van der Waals surface area contributed by atoms with Gasteiger partial charge in [-0.25, -0.2) is 4.98 Å². The molecular weight excluding hydrogens is 266 g/mol. The normalized spacial score (nSPS) is 25.4. The van der Waals surface area contributed by atoms with E-state index in [0.29, 0.717) is 23.4 Å². The van der Waals surface area contributed by atoms with Gasteiger partial charge < -0.3 is 5.32 Å². The van der Waals surface area contributed by atoms with Crippen LogP contribution in [0.3, 0.4) is 0 Å². The Labute approximate surface area is 127 Å². The highest BCUT2D eigenvalue weighted by atomic mass is 32.1.